The lowest BCUT2D eigenvalue weighted by molar-refractivity contribution is -0.122. The summed E-state index contributed by atoms with van der Waals surface area (Å²) in [6, 6.07) is 5.21. The third-order valence-electron chi connectivity index (χ3n) is 5.01. The van der Waals surface area contributed by atoms with Gasteiger partial charge in [0.2, 0.25) is 5.91 Å². The van der Waals surface area contributed by atoms with Crippen LogP contribution in [-0.4, -0.2) is 100 Å². The van der Waals surface area contributed by atoms with Crippen LogP contribution in [0.3, 0.4) is 0 Å². The number of amides is 1. The molecule has 0 aliphatic carbocycles. The van der Waals surface area contributed by atoms with Crippen molar-refractivity contribution in [1.29, 1.82) is 0 Å². The Morgan fingerprint density at radius 1 is 1.23 bits per heavy atom. The normalized spacial score (nSPS) is 15.4. The van der Waals surface area contributed by atoms with Gasteiger partial charge in [0, 0.05) is 58.5 Å². The number of piperazine rings is 1. The van der Waals surface area contributed by atoms with Crippen molar-refractivity contribution in [2.75, 3.05) is 73.6 Å². The number of carbonyl (C=O) groups excluding carboxylic acids is 1. The lowest BCUT2D eigenvalue weighted by Crippen LogP contribution is -2.54. The zero-order valence-corrected chi connectivity index (χ0v) is 19.3. The van der Waals surface area contributed by atoms with Crippen molar-refractivity contribution >= 4 is 11.9 Å². The minimum Gasteiger partial charge on any atom is -0.383 e. The van der Waals surface area contributed by atoms with Crippen molar-refractivity contribution in [2.24, 2.45) is 4.99 Å². The van der Waals surface area contributed by atoms with E-state index < -0.39 is 0 Å². The van der Waals surface area contributed by atoms with E-state index in [4.69, 9.17) is 9.73 Å². The fourth-order valence-corrected chi connectivity index (χ4v) is 3.45. The average molecular weight is 437 g/mol. The van der Waals surface area contributed by atoms with Crippen molar-refractivity contribution in [1.82, 2.24) is 25.3 Å². The van der Waals surface area contributed by atoms with E-state index in [0.29, 0.717) is 38.3 Å². The van der Waals surface area contributed by atoms with Crippen molar-refractivity contribution in [3.05, 3.63) is 35.1 Å². The van der Waals surface area contributed by atoms with Gasteiger partial charge >= 0.3 is 0 Å². The summed E-state index contributed by atoms with van der Waals surface area (Å²) in [6.07, 6.45) is 0. The Kier molecular flexibility index (Phi) is 10.7. The number of nitrogens with zero attached hydrogens (tertiary/aromatic N) is 4. The summed E-state index contributed by atoms with van der Waals surface area (Å²) in [6.45, 7) is 8.51. The van der Waals surface area contributed by atoms with Gasteiger partial charge in [-0.05, 0) is 38.7 Å². The Bertz CT molecular complexity index is 720. The molecule has 1 aromatic rings. The summed E-state index contributed by atoms with van der Waals surface area (Å²) in [4.78, 5) is 23.1. The number of rotatable bonds is 10. The highest BCUT2D eigenvalue weighted by Crippen LogP contribution is 2.13. The molecule has 1 aromatic carbocycles. The number of ether oxygens (including phenoxy) is 1. The Morgan fingerprint density at radius 3 is 2.61 bits per heavy atom. The fraction of sp³-hybridized carbons (Fsp3) is 0.636. The van der Waals surface area contributed by atoms with Gasteiger partial charge in [-0.25, -0.2) is 9.38 Å². The largest absolute Gasteiger partial charge is 0.383 e. The molecule has 174 valence electrons. The number of halogens is 1. The molecule has 31 heavy (non-hydrogen) atoms. The average Bonchev–Trinajstić information content (AvgIpc) is 2.74. The molecule has 9 heteroatoms. The van der Waals surface area contributed by atoms with Crippen LogP contribution in [0.5, 0.6) is 0 Å². The Hall–Kier alpha value is -2.23. The second kappa shape index (κ2) is 13.2. The molecule has 1 aliphatic rings. The highest BCUT2D eigenvalue weighted by Gasteiger charge is 2.21. The van der Waals surface area contributed by atoms with Crippen LogP contribution in [0.25, 0.3) is 0 Å². The van der Waals surface area contributed by atoms with Crippen molar-refractivity contribution in [2.45, 2.75) is 20.0 Å². The first-order chi connectivity index (χ1) is 14.9. The van der Waals surface area contributed by atoms with E-state index in [-0.39, 0.29) is 11.7 Å². The third-order valence-corrected chi connectivity index (χ3v) is 5.01. The van der Waals surface area contributed by atoms with Gasteiger partial charge < -0.3 is 25.2 Å². The zero-order valence-electron chi connectivity index (χ0n) is 19.3. The molecule has 1 heterocycles. The highest BCUT2D eigenvalue weighted by molar-refractivity contribution is 5.80. The summed E-state index contributed by atoms with van der Waals surface area (Å²) in [5, 5.41) is 6.21. The number of guanidine groups is 1. The predicted molar refractivity (Wildman–Crippen MR) is 122 cm³/mol. The molecule has 0 bridgehead atoms. The second-order valence-electron chi connectivity index (χ2n) is 7.94. The van der Waals surface area contributed by atoms with Crippen LogP contribution in [0.1, 0.15) is 18.1 Å². The van der Waals surface area contributed by atoms with Crippen LogP contribution in [0.4, 0.5) is 4.39 Å². The number of methoxy groups -OCH3 is 1. The Balaban J connectivity index is 1.91. The zero-order chi connectivity index (χ0) is 22.6. The van der Waals surface area contributed by atoms with Gasteiger partial charge in [0.05, 0.1) is 19.7 Å². The topological polar surface area (TPSA) is 72.4 Å². The molecule has 0 atom stereocenters. The predicted octanol–water partition coefficient (Wildman–Crippen LogP) is 0.733. The molecule has 0 spiro atoms. The number of benzene rings is 1. The first-order valence-corrected chi connectivity index (χ1v) is 10.9. The van der Waals surface area contributed by atoms with Crippen molar-refractivity contribution in [3.8, 4) is 0 Å². The summed E-state index contributed by atoms with van der Waals surface area (Å²) in [7, 11) is 5.47. The maximum atomic E-state index is 14.0. The number of nitrogens with one attached hydrogen (secondary N) is 2. The lowest BCUT2D eigenvalue weighted by atomic mass is 10.1. The van der Waals surface area contributed by atoms with Crippen LogP contribution in [0.2, 0.25) is 0 Å². The van der Waals surface area contributed by atoms with E-state index in [1.165, 1.54) is 6.07 Å². The van der Waals surface area contributed by atoms with E-state index in [1.54, 1.807) is 13.2 Å². The SMILES string of the molecule is CCNC(=NCc1ccc(F)c(CN(C)C)c1)N1CCN(CC(=O)NCCOC)CC1. The number of hydrogen-bond donors (Lipinski definition) is 2. The van der Waals surface area contributed by atoms with Crippen LogP contribution in [0, 0.1) is 5.82 Å². The number of hydrogen-bond acceptors (Lipinski definition) is 5. The fourth-order valence-electron chi connectivity index (χ4n) is 3.45. The van der Waals surface area contributed by atoms with Gasteiger partial charge in [0.25, 0.3) is 0 Å². The smallest absolute Gasteiger partial charge is 0.234 e. The molecule has 0 aromatic heterocycles. The van der Waals surface area contributed by atoms with Gasteiger partial charge in [-0.3, -0.25) is 9.69 Å². The highest BCUT2D eigenvalue weighted by atomic mass is 19.1. The molecule has 8 nitrogen and oxygen atoms in total. The molecular weight excluding hydrogens is 399 g/mol. The first-order valence-electron chi connectivity index (χ1n) is 10.9. The minimum atomic E-state index is -0.185. The van der Waals surface area contributed by atoms with Gasteiger partial charge in [0.1, 0.15) is 5.82 Å². The number of carbonyl (C=O) groups is 1. The van der Waals surface area contributed by atoms with E-state index in [1.807, 2.05) is 32.0 Å². The lowest BCUT2D eigenvalue weighted by Gasteiger charge is -2.36. The van der Waals surface area contributed by atoms with Crippen LogP contribution in [0.15, 0.2) is 23.2 Å². The van der Waals surface area contributed by atoms with Gasteiger partial charge in [-0.1, -0.05) is 6.07 Å². The standard InChI is InChI=1S/C22H37FN6O2/c1-5-24-22(26-15-18-6-7-20(23)19(14-18)16-27(2)3)29-11-9-28(10-12-29)17-21(30)25-8-13-31-4/h6-7,14H,5,8-13,15-17H2,1-4H3,(H,24,26)(H,25,30). The van der Waals surface area contributed by atoms with Crippen LogP contribution < -0.4 is 10.6 Å². The minimum absolute atomic E-state index is 0.0240. The van der Waals surface area contributed by atoms with Gasteiger partial charge in [-0.2, -0.15) is 0 Å². The van der Waals surface area contributed by atoms with E-state index in [9.17, 15) is 9.18 Å². The van der Waals surface area contributed by atoms with E-state index in [2.05, 4.69) is 20.4 Å². The third kappa shape index (κ3) is 8.80. The molecular formula is C22H37FN6O2. The Labute approximate surface area is 185 Å². The molecule has 1 fully saturated rings. The molecule has 2 rings (SSSR count). The van der Waals surface area contributed by atoms with Gasteiger partial charge in [-0.15, -0.1) is 0 Å². The Morgan fingerprint density at radius 2 is 1.97 bits per heavy atom. The molecule has 1 aliphatic heterocycles. The molecule has 1 amide bonds. The van der Waals surface area contributed by atoms with E-state index >= 15 is 0 Å². The van der Waals surface area contributed by atoms with Crippen LogP contribution >= 0.6 is 0 Å². The monoisotopic (exact) mass is 436 g/mol. The molecule has 1 saturated heterocycles. The summed E-state index contributed by atoms with van der Waals surface area (Å²) < 4.78 is 19.0. The summed E-state index contributed by atoms with van der Waals surface area (Å²) >= 11 is 0. The molecule has 2 N–H and O–H groups in total. The summed E-state index contributed by atoms with van der Waals surface area (Å²) in [5.41, 5.74) is 1.67. The second-order valence-corrected chi connectivity index (χ2v) is 7.94. The van der Waals surface area contributed by atoms with Gasteiger partial charge in [0.15, 0.2) is 5.96 Å². The molecule has 0 unspecified atom stereocenters. The maximum absolute atomic E-state index is 14.0. The maximum Gasteiger partial charge on any atom is 0.234 e. The quantitative estimate of drug-likeness (QED) is 0.320. The van der Waals surface area contributed by atoms with E-state index in [0.717, 1.165) is 44.2 Å². The van der Waals surface area contributed by atoms with Crippen molar-refractivity contribution in [3.63, 3.8) is 0 Å². The first kappa shape index (κ1) is 25.0. The summed E-state index contributed by atoms with van der Waals surface area (Å²) in [5.74, 6) is 0.691. The van der Waals surface area contributed by atoms with Crippen LogP contribution in [-0.2, 0) is 22.6 Å². The molecule has 0 radical (unpaired) electrons. The molecule has 0 saturated carbocycles. The van der Waals surface area contributed by atoms with Crippen molar-refractivity contribution < 1.29 is 13.9 Å². The number of aliphatic imine (C=N–C) groups is 1.